The van der Waals surface area contributed by atoms with E-state index >= 15 is 0 Å². The molecule has 3 heterocycles. The van der Waals surface area contributed by atoms with E-state index in [0.29, 0.717) is 31.7 Å². The number of benzene rings is 1. The van der Waals surface area contributed by atoms with Crippen LogP contribution in [0.3, 0.4) is 0 Å². The molecule has 0 saturated heterocycles. The Balaban J connectivity index is 1.51. The molecular formula is C23H25FN4O3S2. The van der Waals surface area contributed by atoms with Gasteiger partial charge in [-0.15, -0.1) is 0 Å². The van der Waals surface area contributed by atoms with Gasteiger partial charge in [0.1, 0.15) is 22.4 Å². The lowest BCUT2D eigenvalue weighted by atomic mass is 9.99. The third kappa shape index (κ3) is 5.13. The summed E-state index contributed by atoms with van der Waals surface area (Å²) in [6, 6.07) is 8.08. The molecule has 0 saturated carbocycles. The minimum atomic E-state index is -4.18. The Morgan fingerprint density at radius 3 is 2.85 bits per heavy atom. The van der Waals surface area contributed by atoms with Crippen LogP contribution in [-0.4, -0.2) is 60.3 Å². The van der Waals surface area contributed by atoms with E-state index in [0.717, 1.165) is 28.2 Å². The Hall–Kier alpha value is -2.69. The summed E-state index contributed by atoms with van der Waals surface area (Å²) in [7, 11) is -4.18. The van der Waals surface area contributed by atoms with E-state index in [1.807, 2.05) is 30.7 Å². The second kappa shape index (κ2) is 10.1. The highest BCUT2D eigenvalue weighted by molar-refractivity contribution is 7.98. The van der Waals surface area contributed by atoms with E-state index in [9.17, 15) is 17.6 Å². The number of carbonyl (C=O) groups excluding carboxylic acids is 1. The zero-order valence-corrected chi connectivity index (χ0v) is 19.8. The minimum Gasteiger partial charge on any atom is -0.346 e. The summed E-state index contributed by atoms with van der Waals surface area (Å²) in [4.78, 5) is 21.9. The van der Waals surface area contributed by atoms with Gasteiger partial charge in [0.25, 0.3) is 0 Å². The highest BCUT2D eigenvalue weighted by Crippen LogP contribution is 2.28. The zero-order chi connectivity index (χ0) is 23.4. The molecule has 33 heavy (non-hydrogen) atoms. The molecule has 7 nitrogen and oxygen atoms in total. The minimum absolute atomic E-state index is 0.306. The lowest BCUT2D eigenvalue weighted by Crippen LogP contribution is -2.49. The average molecular weight is 489 g/mol. The Morgan fingerprint density at radius 1 is 1.30 bits per heavy atom. The van der Waals surface area contributed by atoms with Crippen molar-refractivity contribution in [1.82, 2.24) is 19.6 Å². The van der Waals surface area contributed by atoms with E-state index in [4.69, 9.17) is 0 Å². The maximum Gasteiger partial charge on any atom is 0.244 e. The highest BCUT2D eigenvalue weighted by Gasteiger charge is 2.31. The van der Waals surface area contributed by atoms with Crippen molar-refractivity contribution in [3.63, 3.8) is 0 Å². The summed E-state index contributed by atoms with van der Waals surface area (Å²) >= 11 is 1.52. The summed E-state index contributed by atoms with van der Waals surface area (Å²) in [6.45, 7) is 0.840. The monoisotopic (exact) mass is 488 g/mol. The van der Waals surface area contributed by atoms with Gasteiger partial charge in [0.05, 0.1) is 0 Å². The summed E-state index contributed by atoms with van der Waals surface area (Å²) in [5, 5.41) is 1.03. The van der Waals surface area contributed by atoms with E-state index in [1.54, 1.807) is 11.1 Å². The van der Waals surface area contributed by atoms with Crippen LogP contribution in [0.25, 0.3) is 16.6 Å². The molecule has 4 rings (SSSR count). The topological polar surface area (TPSA) is 95.2 Å². The first-order valence-corrected chi connectivity index (χ1v) is 13.4. The Morgan fingerprint density at radius 2 is 2.12 bits per heavy atom. The van der Waals surface area contributed by atoms with Crippen LogP contribution in [0.2, 0.25) is 0 Å². The Bertz CT molecular complexity index is 1290. The van der Waals surface area contributed by atoms with Crippen molar-refractivity contribution in [2.45, 2.75) is 23.8 Å². The smallest absolute Gasteiger partial charge is 0.244 e. The number of hydrogen-bond donors (Lipinski definition) is 2. The summed E-state index contributed by atoms with van der Waals surface area (Å²) in [5.74, 6) is -0.562. The number of rotatable bonds is 8. The molecule has 174 valence electrons. The van der Waals surface area contributed by atoms with Crippen LogP contribution >= 0.6 is 11.8 Å². The van der Waals surface area contributed by atoms with Crippen molar-refractivity contribution < 1.29 is 17.6 Å². The van der Waals surface area contributed by atoms with Crippen LogP contribution < -0.4 is 4.72 Å². The number of halogens is 1. The van der Waals surface area contributed by atoms with E-state index in [2.05, 4.69) is 14.7 Å². The SMILES string of the molecule is CSCCC(NS(=O)(=O)c1ccccc1F)C(=O)N1CC=C(c2c[nH]c3ncccc23)CC1. The van der Waals surface area contributed by atoms with E-state index in [1.165, 1.54) is 30.0 Å². The van der Waals surface area contributed by atoms with Gasteiger partial charge in [0.2, 0.25) is 15.9 Å². The van der Waals surface area contributed by atoms with E-state index < -0.39 is 26.8 Å². The second-order valence-electron chi connectivity index (χ2n) is 7.75. The first-order chi connectivity index (χ1) is 15.9. The fourth-order valence-corrected chi connectivity index (χ4v) is 5.71. The van der Waals surface area contributed by atoms with Crippen LogP contribution in [0.1, 0.15) is 18.4 Å². The van der Waals surface area contributed by atoms with Gasteiger partial charge in [0, 0.05) is 36.4 Å². The van der Waals surface area contributed by atoms with Gasteiger partial charge < -0.3 is 9.88 Å². The zero-order valence-electron chi connectivity index (χ0n) is 18.1. The highest BCUT2D eigenvalue weighted by atomic mass is 32.2. The number of aromatic amines is 1. The van der Waals surface area contributed by atoms with Crippen molar-refractivity contribution in [3.8, 4) is 0 Å². The van der Waals surface area contributed by atoms with Crippen molar-refractivity contribution in [3.05, 3.63) is 66.2 Å². The quantitative estimate of drug-likeness (QED) is 0.507. The summed E-state index contributed by atoms with van der Waals surface area (Å²) < 4.78 is 42.1. The number of aromatic nitrogens is 2. The van der Waals surface area contributed by atoms with Crippen molar-refractivity contribution in [1.29, 1.82) is 0 Å². The normalized spacial score (nSPS) is 15.5. The Labute approximate surface area is 196 Å². The van der Waals surface area contributed by atoms with Crippen molar-refractivity contribution in [2.24, 2.45) is 0 Å². The van der Waals surface area contributed by atoms with Gasteiger partial charge in [-0.2, -0.15) is 16.5 Å². The number of hydrogen-bond acceptors (Lipinski definition) is 5. The second-order valence-corrected chi connectivity index (χ2v) is 10.4. The maximum atomic E-state index is 14.1. The van der Waals surface area contributed by atoms with Gasteiger partial charge in [-0.1, -0.05) is 18.2 Å². The number of amides is 1. The van der Waals surface area contributed by atoms with Gasteiger partial charge in [-0.25, -0.2) is 17.8 Å². The molecule has 1 amide bonds. The van der Waals surface area contributed by atoms with Crippen molar-refractivity contribution in [2.75, 3.05) is 25.1 Å². The van der Waals surface area contributed by atoms with E-state index in [-0.39, 0.29) is 5.91 Å². The number of sulfonamides is 1. The third-order valence-electron chi connectivity index (χ3n) is 5.65. The molecule has 1 atom stereocenters. The molecule has 1 aliphatic heterocycles. The summed E-state index contributed by atoms with van der Waals surface area (Å²) in [5.41, 5.74) is 2.99. The molecule has 1 aromatic carbocycles. The third-order valence-corrected chi connectivity index (χ3v) is 7.80. The lowest BCUT2D eigenvalue weighted by molar-refractivity contribution is -0.132. The number of carbonyl (C=O) groups is 1. The summed E-state index contributed by atoms with van der Waals surface area (Å²) in [6.07, 6.45) is 8.49. The molecule has 3 aromatic rings. The van der Waals surface area contributed by atoms with Gasteiger partial charge in [-0.3, -0.25) is 4.79 Å². The first-order valence-electron chi connectivity index (χ1n) is 10.6. The number of fused-ring (bicyclic) bond motifs is 1. The first kappa shape index (κ1) is 23.5. The van der Waals surface area contributed by atoms with Gasteiger partial charge >= 0.3 is 0 Å². The fraction of sp³-hybridized carbons (Fsp3) is 0.304. The molecule has 0 spiro atoms. The molecule has 1 unspecified atom stereocenters. The molecule has 0 radical (unpaired) electrons. The van der Waals surface area contributed by atoms with Crippen LogP contribution in [0.15, 0.2) is 59.8 Å². The van der Waals surface area contributed by atoms with Crippen LogP contribution in [-0.2, 0) is 14.8 Å². The molecule has 0 aliphatic carbocycles. The van der Waals surface area contributed by atoms with Gasteiger partial charge in [-0.05, 0) is 54.7 Å². The molecule has 2 N–H and O–H groups in total. The number of thioether (sulfide) groups is 1. The lowest BCUT2D eigenvalue weighted by Gasteiger charge is -2.30. The largest absolute Gasteiger partial charge is 0.346 e. The molecule has 10 heteroatoms. The van der Waals surface area contributed by atoms with Crippen LogP contribution in [0, 0.1) is 5.82 Å². The average Bonchev–Trinajstić information content (AvgIpc) is 3.26. The standard InChI is InChI=1S/C23H25FN4O3S2/c1-32-14-10-20(27-33(30,31)21-7-3-2-6-19(21)24)23(29)28-12-8-16(9-13-28)18-15-26-22-17(18)5-4-11-25-22/h2-8,11,15,20,27H,9-10,12-14H2,1H3,(H,25,26). The Kier molecular flexibility index (Phi) is 7.16. The molecular weight excluding hydrogens is 463 g/mol. The van der Waals surface area contributed by atoms with Crippen LogP contribution in [0.5, 0.6) is 0 Å². The predicted octanol–water partition coefficient (Wildman–Crippen LogP) is 3.42. The molecule has 0 bridgehead atoms. The molecule has 0 fully saturated rings. The fourth-order valence-electron chi connectivity index (χ4n) is 3.94. The number of nitrogens with zero attached hydrogens (tertiary/aromatic N) is 2. The van der Waals surface area contributed by atoms with Crippen molar-refractivity contribution >= 4 is 44.3 Å². The molecule has 1 aliphatic rings. The van der Waals surface area contributed by atoms with Crippen LogP contribution in [0.4, 0.5) is 4.39 Å². The molecule has 2 aromatic heterocycles. The number of H-pyrrole nitrogens is 1. The predicted molar refractivity (Wildman–Crippen MR) is 129 cm³/mol. The number of nitrogens with one attached hydrogen (secondary N) is 2. The maximum absolute atomic E-state index is 14.1. The number of pyridine rings is 1. The van der Waals surface area contributed by atoms with Gasteiger partial charge in [0.15, 0.2) is 0 Å².